The Labute approximate surface area is 93.2 Å². The Morgan fingerprint density at radius 3 is 2.40 bits per heavy atom. The van der Waals surface area contributed by atoms with Crippen LogP contribution in [-0.2, 0) is 0 Å². The summed E-state index contributed by atoms with van der Waals surface area (Å²) in [5.74, 6) is 0. The van der Waals surface area contributed by atoms with Crippen molar-refractivity contribution < 1.29 is 0 Å². The second-order valence-electron chi connectivity index (χ2n) is 4.03. The fourth-order valence-corrected chi connectivity index (χ4v) is 1.66. The molecule has 0 spiro atoms. The summed E-state index contributed by atoms with van der Waals surface area (Å²) in [6.45, 7) is 8.51. The fraction of sp³-hybridized carbons (Fsp3) is 0.429. The molecule has 15 heavy (non-hydrogen) atoms. The average Bonchev–Trinajstić information content (AvgIpc) is 2.16. The van der Waals surface area contributed by atoms with Gasteiger partial charge in [-0.3, -0.25) is 0 Å². The van der Waals surface area contributed by atoms with Crippen molar-refractivity contribution in [3.8, 4) is 0 Å². The van der Waals surface area contributed by atoms with Crippen LogP contribution in [-0.4, -0.2) is 13.1 Å². The highest BCUT2D eigenvalue weighted by atomic mass is 14.8. The number of hydrogen-bond acceptors (Lipinski definition) is 1. The number of nitrogens with one attached hydrogen (secondary N) is 1. The van der Waals surface area contributed by atoms with Crippen molar-refractivity contribution in [2.75, 3.05) is 13.1 Å². The Morgan fingerprint density at radius 1 is 1.13 bits per heavy atom. The van der Waals surface area contributed by atoms with Gasteiger partial charge in [0.2, 0.25) is 0 Å². The Bertz CT molecular complexity index is 306. The van der Waals surface area contributed by atoms with Gasteiger partial charge in [-0.1, -0.05) is 48.4 Å². The maximum Gasteiger partial charge on any atom is 0.0138 e. The van der Waals surface area contributed by atoms with Crippen molar-refractivity contribution in [1.82, 2.24) is 5.32 Å². The van der Waals surface area contributed by atoms with Gasteiger partial charge in [-0.2, -0.15) is 0 Å². The number of hydrogen-bond donors (Lipinski definition) is 1. The van der Waals surface area contributed by atoms with E-state index in [4.69, 9.17) is 0 Å². The molecular weight excluding hydrogens is 182 g/mol. The summed E-state index contributed by atoms with van der Waals surface area (Å²) in [6.07, 6.45) is 5.56. The quantitative estimate of drug-likeness (QED) is 0.724. The normalized spacial score (nSPS) is 11.1. The van der Waals surface area contributed by atoms with Crippen molar-refractivity contribution >= 4 is 6.08 Å². The van der Waals surface area contributed by atoms with Crippen LogP contribution >= 0.6 is 0 Å². The van der Waals surface area contributed by atoms with Gasteiger partial charge >= 0.3 is 0 Å². The van der Waals surface area contributed by atoms with Gasteiger partial charge in [-0.25, -0.2) is 0 Å². The lowest BCUT2D eigenvalue weighted by Crippen LogP contribution is -2.13. The summed E-state index contributed by atoms with van der Waals surface area (Å²) >= 11 is 0. The van der Waals surface area contributed by atoms with E-state index in [0.29, 0.717) is 0 Å². The maximum atomic E-state index is 3.35. The highest BCUT2D eigenvalue weighted by molar-refractivity contribution is 5.51. The maximum absolute atomic E-state index is 3.35. The van der Waals surface area contributed by atoms with E-state index in [9.17, 15) is 0 Å². The lowest BCUT2D eigenvalue weighted by molar-refractivity contribution is 0.730. The first-order chi connectivity index (χ1) is 7.22. The molecule has 0 fully saturated rings. The van der Waals surface area contributed by atoms with Crippen LogP contribution in [0.4, 0.5) is 0 Å². The fourth-order valence-electron chi connectivity index (χ4n) is 1.66. The second-order valence-corrected chi connectivity index (χ2v) is 4.03. The van der Waals surface area contributed by atoms with Crippen LogP contribution in [0.3, 0.4) is 0 Å². The molecule has 0 radical (unpaired) electrons. The molecule has 0 saturated carbocycles. The first kappa shape index (κ1) is 12.0. The SMILES string of the molecule is CCCNCC=Cc1cc(C)cc(C)c1. The Kier molecular flexibility index (Phi) is 5.13. The zero-order chi connectivity index (χ0) is 11.1. The van der Waals surface area contributed by atoms with E-state index in [0.717, 1.165) is 13.1 Å². The van der Waals surface area contributed by atoms with Gasteiger partial charge in [0.15, 0.2) is 0 Å². The van der Waals surface area contributed by atoms with Gasteiger partial charge in [0.05, 0.1) is 0 Å². The van der Waals surface area contributed by atoms with Crippen LogP contribution in [0.25, 0.3) is 6.08 Å². The van der Waals surface area contributed by atoms with Crippen LogP contribution in [0, 0.1) is 13.8 Å². The van der Waals surface area contributed by atoms with Crippen LogP contribution in [0.15, 0.2) is 24.3 Å². The highest BCUT2D eigenvalue weighted by Gasteiger charge is 1.91. The summed E-state index contributed by atoms with van der Waals surface area (Å²) in [4.78, 5) is 0. The topological polar surface area (TPSA) is 12.0 Å². The Morgan fingerprint density at radius 2 is 1.80 bits per heavy atom. The molecule has 0 heterocycles. The lowest BCUT2D eigenvalue weighted by atomic mass is 10.1. The minimum atomic E-state index is 0.959. The lowest BCUT2D eigenvalue weighted by Gasteiger charge is -2.00. The van der Waals surface area contributed by atoms with E-state index in [1.165, 1.54) is 23.1 Å². The molecule has 82 valence electrons. The molecule has 0 unspecified atom stereocenters. The zero-order valence-electron chi connectivity index (χ0n) is 10.0. The monoisotopic (exact) mass is 203 g/mol. The van der Waals surface area contributed by atoms with E-state index >= 15 is 0 Å². The van der Waals surface area contributed by atoms with E-state index < -0.39 is 0 Å². The Balaban J connectivity index is 2.49. The molecule has 0 aliphatic rings. The number of benzene rings is 1. The van der Waals surface area contributed by atoms with Crippen molar-refractivity contribution in [1.29, 1.82) is 0 Å². The predicted octanol–water partition coefficient (Wildman–Crippen LogP) is 3.32. The van der Waals surface area contributed by atoms with Gasteiger partial charge in [-0.05, 0) is 32.4 Å². The molecule has 1 nitrogen and oxygen atoms in total. The van der Waals surface area contributed by atoms with E-state index in [1.807, 2.05) is 0 Å². The standard InChI is InChI=1S/C14H21N/c1-4-7-15-8-5-6-14-10-12(2)9-13(3)11-14/h5-6,9-11,15H,4,7-8H2,1-3H3. The molecule has 0 amide bonds. The van der Waals surface area contributed by atoms with Gasteiger partial charge in [0.25, 0.3) is 0 Å². The third-order valence-corrected chi connectivity index (χ3v) is 2.24. The van der Waals surface area contributed by atoms with Crippen LogP contribution in [0.1, 0.15) is 30.0 Å². The molecule has 1 aromatic rings. The molecule has 1 aromatic carbocycles. The molecule has 0 bridgehead atoms. The highest BCUT2D eigenvalue weighted by Crippen LogP contribution is 2.09. The summed E-state index contributed by atoms with van der Waals surface area (Å²) in [7, 11) is 0. The minimum Gasteiger partial charge on any atom is -0.313 e. The first-order valence-electron chi connectivity index (χ1n) is 5.68. The van der Waals surface area contributed by atoms with Crippen LogP contribution in [0.5, 0.6) is 0 Å². The first-order valence-corrected chi connectivity index (χ1v) is 5.68. The predicted molar refractivity (Wildman–Crippen MR) is 68.1 cm³/mol. The van der Waals surface area contributed by atoms with Gasteiger partial charge in [0.1, 0.15) is 0 Å². The van der Waals surface area contributed by atoms with Gasteiger partial charge in [0, 0.05) is 6.54 Å². The van der Waals surface area contributed by atoms with Crippen molar-refractivity contribution in [2.45, 2.75) is 27.2 Å². The van der Waals surface area contributed by atoms with Gasteiger partial charge in [-0.15, -0.1) is 0 Å². The summed E-state index contributed by atoms with van der Waals surface area (Å²) < 4.78 is 0. The van der Waals surface area contributed by atoms with E-state index in [1.54, 1.807) is 0 Å². The molecule has 1 N–H and O–H groups in total. The van der Waals surface area contributed by atoms with E-state index in [2.05, 4.69) is 56.4 Å². The molecule has 0 aromatic heterocycles. The molecule has 0 saturated heterocycles. The van der Waals surface area contributed by atoms with E-state index in [-0.39, 0.29) is 0 Å². The average molecular weight is 203 g/mol. The summed E-state index contributed by atoms with van der Waals surface area (Å²) in [5.41, 5.74) is 3.96. The molecular formula is C14H21N. The van der Waals surface area contributed by atoms with Crippen LogP contribution < -0.4 is 5.32 Å². The van der Waals surface area contributed by atoms with Crippen molar-refractivity contribution in [2.24, 2.45) is 0 Å². The molecule has 0 aliphatic heterocycles. The summed E-state index contributed by atoms with van der Waals surface area (Å²) in [5, 5.41) is 3.35. The Hall–Kier alpha value is -1.08. The van der Waals surface area contributed by atoms with Crippen molar-refractivity contribution in [3.63, 3.8) is 0 Å². The third-order valence-electron chi connectivity index (χ3n) is 2.24. The molecule has 1 rings (SSSR count). The second kappa shape index (κ2) is 6.41. The minimum absolute atomic E-state index is 0.959. The largest absolute Gasteiger partial charge is 0.313 e. The van der Waals surface area contributed by atoms with Crippen molar-refractivity contribution in [3.05, 3.63) is 41.0 Å². The summed E-state index contributed by atoms with van der Waals surface area (Å²) in [6, 6.07) is 6.62. The molecule has 1 heteroatoms. The smallest absolute Gasteiger partial charge is 0.0138 e. The molecule has 0 atom stereocenters. The van der Waals surface area contributed by atoms with Crippen LogP contribution in [0.2, 0.25) is 0 Å². The third kappa shape index (κ3) is 4.80. The number of rotatable bonds is 5. The van der Waals surface area contributed by atoms with Gasteiger partial charge < -0.3 is 5.32 Å². The number of aryl methyl sites for hydroxylation is 2. The zero-order valence-corrected chi connectivity index (χ0v) is 10.0. The molecule has 0 aliphatic carbocycles.